The van der Waals surface area contributed by atoms with E-state index in [-0.39, 0.29) is 5.75 Å². The second-order valence-electron chi connectivity index (χ2n) is 2.97. The quantitative estimate of drug-likeness (QED) is 0.781. The average Bonchev–Trinajstić information content (AvgIpc) is 1.99. The van der Waals surface area contributed by atoms with Crippen molar-refractivity contribution in [3.63, 3.8) is 0 Å². The molecule has 78 valence electrons. The van der Waals surface area contributed by atoms with Crippen LogP contribution in [0.1, 0.15) is 11.3 Å². The molecule has 0 saturated heterocycles. The Labute approximate surface area is 83.0 Å². The summed E-state index contributed by atoms with van der Waals surface area (Å²) in [6, 6.07) is 3.21. The SMILES string of the molecule is COc1cc(CS(N)(=O)=O)cc(C)n1. The first-order valence-electron chi connectivity index (χ1n) is 3.93. The van der Waals surface area contributed by atoms with Crippen molar-refractivity contribution >= 4 is 10.0 Å². The Morgan fingerprint density at radius 3 is 2.64 bits per heavy atom. The summed E-state index contributed by atoms with van der Waals surface area (Å²) in [6.07, 6.45) is 0. The standard InChI is InChI=1S/C8H12N2O3S/c1-6-3-7(5-14(9,11)12)4-8(10-6)13-2/h3-4H,5H2,1-2H3,(H2,9,11,12). The van der Waals surface area contributed by atoms with E-state index in [1.54, 1.807) is 19.1 Å². The molecule has 6 heteroatoms. The smallest absolute Gasteiger partial charge is 0.213 e. The number of sulfonamides is 1. The summed E-state index contributed by atoms with van der Waals surface area (Å²) in [4.78, 5) is 4.02. The van der Waals surface area contributed by atoms with Gasteiger partial charge in [-0.05, 0) is 18.6 Å². The minimum absolute atomic E-state index is 0.202. The summed E-state index contributed by atoms with van der Waals surface area (Å²) >= 11 is 0. The fourth-order valence-electron chi connectivity index (χ4n) is 1.13. The van der Waals surface area contributed by atoms with Gasteiger partial charge in [0.25, 0.3) is 0 Å². The van der Waals surface area contributed by atoms with Crippen molar-refractivity contribution in [1.29, 1.82) is 0 Å². The second kappa shape index (κ2) is 3.93. The van der Waals surface area contributed by atoms with E-state index in [1.807, 2.05) is 0 Å². The number of rotatable bonds is 3. The molecule has 1 aromatic rings. The van der Waals surface area contributed by atoms with Gasteiger partial charge in [-0.3, -0.25) is 0 Å². The highest BCUT2D eigenvalue weighted by Gasteiger charge is 2.07. The number of primary sulfonamides is 1. The molecule has 0 aliphatic heterocycles. The maximum absolute atomic E-state index is 10.8. The van der Waals surface area contributed by atoms with Gasteiger partial charge in [-0.1, -0.05) is 0 Å². The highest BCUT2D eigenvalue weighted by molar-refractivity contribution is 7.88. The molecule has 0 atom stereocenters. The summed E-state index contributed by atoms with van der Waals surface area (Å²) in [5.41, 5.74) is 1.28. The maximum Gasteiger partial charge on any atom is 0.213 e. The molecule has 1 aromatic heterocycles. The van der Waals surface area contributed by atoms with Gasteiger partial charge in [-0.15, -0.1) is 0 Å². The number of nitrogens with zero attached hydrogens (tertiary/aromatic N) is 1. The molecular formula is C8H12N2O3S. The number of hydrogen-bond acceptors (Lipinski definition) is 4. The van der Waals surface area contributed by atoms with Crippen LogP contribution >= 0.6 is 0 Å². The number of hydrogen-bond donors (Lipinski definition) is 1. The van der Waals surface area contributed by atoms with Gasteiger partial charge in [0.15, 0.2) is 0 Å². The number of nitrogens with two attached hydrogens (primary N) is 1. The Bertz CT molecular complexity index is 428. The zero-order chi connectivity index (χ0) is 10.8. The number of pyridine rings is 1. The zero-order valence-corrected chi connectivity index (χ0v) is 8.84. The van der Waals surface area contributed by atoms with Gasteiger partial charge in [-0.25, -0.2) is 18.5 Å². The molecule has 0 saturated carbocycles. The van der Waals surface area contributed by atoms with Gasteiger partial charge in [-0.2, -0.15) is 0 Å². The highest BCUT2D eigenvalue weighted by Crippen LogP contribution is 2.13. The first-order valence-corrected chi connectivity index (χ1v) is 5.64. The van der Waals surface area contributed by atoms with E-state index >= 15 is 0 Å². The van der Waals surface area contributed by atoms with Gasteiger partial charge in [0.2, 0.25) is 15.9 Å². The minimum Gasteiger partial charge on any atom is -0.481 e. The molecule has 2 N–H and O–H groups in total. The van der Waals surface area contributed by atoms with Crippen LogP contribution in [0.15, 0.2) is 12.1 Å². The Morgan fingerprint density at radius 2 is 2.14 bits per heavy atom. The van der Waals surface area contributed by atoms with E-state index in [0.29, 0.717) is 17.1 Å². The van der Waals surface area contributed by atoms with E-state index < -0.39 is 10.0 Å². The third-order valence-electron chi connectivity index (χ3n) is 1.57. The van der Waals surface area contributed by atoms with Crippen molar-refractivity contribution in [2.45, 2.75) is 12.7 Å². The second-order valence-corrected chi connectivity index (χ2v) is 4.58. The molecule has 0 amide bonds. The van der Waals surface area contributed by atoms with Crippen molar-refractivity contribution in [2.24, 2.45) is 5.14 Å². The van der Waals surface area contributed by atoms with Gasteiger partial charge >= 0.3 is 0 Å². The van der Waals surface area contributed by atoms with Gasteiger partial charge < -0.3 is 4.74 Å². The normalized spacial score (nSPS) is 11.4. The van der Waals surface area contributed by atoms with E-state index in [0.717, 1.165) is 0 Å². The van der Waals surface area contributed by atoms with E-state index in [1.165, 1.54) is 7.11 Å². The Hall–Kier alpha value is -1.14. The van der Waals surface area contributed by atoms with Crippen LogP contribution in [0.2, 0.25) is 0 Å². The molecule has 1 heterocycles. The number of methoxy groups -OCH3 is 1. The lowest BCUT2D eigenvalue weighted by Gasteiger charge is -2.04. The summed E-state index contributed by atoms with van der Waals surface area (Å²) < 4.78 is 26.6. The third kappa shape index (κ3) is 3.31. The predicted octanol–water partition coefficient (Wildman–Crippen LogP) is 0.187. The van der Waals surface area contributed by atoms with Crippen LogP contribution in [0, 0.1) is 6.92 Å². The summed E-state index contributed by atoms with van der Waals surface area (Å²) in [6.45, 7) is 1.76. The van der Waals surface area contributed by atoms with Crippen molar-refractivity contribution in [1.82, 2.24) is 4.98 Å². The molecule has 0 spiro atoms. The lowest BCUT2D eigenvalue weighted by molar-refractivity contribution is 0.396. The van der Waals surface area contributed by atoms with Crippen LogP contribution in [-0.4, -0.2) is 20.5 Å². The maximum atomic E-state index is 10.8. The highest BCUT2D eigenvalue weighted by atomic mass is 32.2. The molecular weight excluding hydrogens is 204 g/mol. The van der Waals surface area contributed by atoms with Crippen LogP contribution in [0.3, 0.4) is 0 Å². The van der Waals surface area contributed by atoms with Crippen molar-refractivity contribution in [3.8, 4) is 5.88 Å². The fourth-order valence-corrected chi connectivity index (χ4v) is 1.76. The molecule has 0 aromatic carbocycles. The van der Waals surface area contributed by atoms with Crippen molar-refractivity contribution in [3.05, 3.63) is 23.4 Å². The van der Waals surface area contributed by atoms with E-state index in [4.69, 9.17) is 9.88 Å². The number of ether oxygens (including phenoxy) is 1. The molecule has 1 rings (SSSR count). The molecule has 0 aliphatic carbocycles. The van der Waals surface area contributed by atoms with Gasteiger partial charge in [0.05, 0.1) is 12.9 Å². The topological polar surface area (TPSA) is 82.3 Å². The Kier molecular flexibility index (Phi) is 3.07. The van der Waals surface area contributed by atoms with Crippen molar-refractivity contribution < 1.29 is 13.2 Å². The minimum atomic E-state index is -3.50. The number of aromatic nitrogens is 1. The van der Waals surface area contributed by atoms with Crippen LogP contribution in [0.4, 0.5) is 0 Å². The molecule has 5 nitrogen and oxygen atoms in total. The molecule has 0 aliphatic rings. The Morgan fingerprint density at radius 1 is 1.50 bits per heavy atom. The lowest BCUT2D eigenvalue weighted by Crippen LogP contribution is -2.14. The van der Waals surface area contributed by atoms with Crippen LogP contribution in [0.25, 0.3) is 0 Å². The summed E-state index contributed by atoms with van der Waals surface area (Å²) in [7, 11) is -2.03. The van der Waals surface area contributed by atoms with Gasteiger partial charge in [0.1, 0.15) is 0 Å². The summed E-state index contributed by atoms with van der Waals surface area (Å²) in [5.74, 6) is 0.191. The van der Waals surface area contributed by atoms with E-state index in [9.17, 15) is 8.42 Å². The zero-order valence-electron chi connectivity index (χ0n) is 8.02. The number of aryl methyl sites for hydroxylation is 1. The first-order chi connectivity index (χ1) is 6.40. The van der Waals surface area contributed by atoms with E-state index in [2.05, 4.69) is 4.98 Å². The molecule has 0 bridgehead atoms. The first kappa shape index (κ1) is 10.9. The molecule has 0 fully saturated rings. The summed E-state index contributed by atoms with van der Waals surface area (Å²) in [5, 5.41) is 4.92. The predicted molar refractivity (Wildman–Crippen MR) is 52.3 cm³/mol. The molecule has 0 unspecified atom stereocenters. The monoisotopic (exact) mass is 216 g/mol. The molecule has 0 radical (unpaired) electrons. The third-order valence-corrected chi connectivity index (χ3v) is 2.30. The van der Waals surface area contributed by atoms with Crippen LogP contribution in [0.5, 0.6) is 5.88 Å². The molecule has 14 heavy (non-hydrogen) atoms. The van der Waals surface area contributed by atoms with Crippen LogP contribution < -0.4 is 9.88 Å². The fraction of sp³-hybridized carbons (Fsp3) is 0.375. The van der Waals surface area contributed by atoms with Crippen LogP contribution in [-0.2, 0) is 15.8 Å². The average molecular weight is 216 g/mol. The largest absolute Gasteiger partial charge is 0.481 e. The van der Waals surface area contributed by atoms with Crippen molar-refractivity contribution in [2.75, 3.05) is 7.11 Å². The Balaban J connectivity index is 3.04. The lowest BCUT2D eigenvalue weighted by atomic mass is 10.2. The van der Waals surface area contributed by atoms with Gasteiger partial charge in [0, 0.05) is 11.8 Å².